The van der Waals surface area contributed by atoms with Gasteiger partial charge >= 0.3 is 21.2 Å². The van der Waals surface area contributed by atoms with Crippen molar-refractivity contribution < 1.29 is 27.9 Å². The van der Waals surface area contributed by atoms with Crippen LogP contribution in [0.3, 0.4) is 0 Å². The molecule has 1 unspecified atom stereocenters. The predicted molar refractivity (Wildman–Crippen MR) is 90.5 cm³/mol. The second-order valence-electron chi connectivity index (χ2n) is 4.97. The molecule has 0 aromatic heterocycles. The fraction of sp³-hybridized carbons (Fsp3) is 0.625. The lowest BCUT2D eigenvalue weighted by Crippen LogP contribution is -2.43. The summed E-state index contributed by atoms with van der Waals surface area (Å²) in [6.45, 7) is 17.6. The summed E-state index contributed by atoms with van der Waals surface area (Å²) in [4.78, 5) is 21.0. The van der Waals surface area contributed by atoms with Crippen molar-refractivity contribution in [1.29, 1.82) is 0 Å². The number of carbonyl (C=O) groups excluding carboxylic acids is 2. The number of esters is 2. The second-order valence-corrected chi connectivity index (χ2v) is 6.72. The third-order valence-electron chi connectivity index (χ3n) is 2.01. The first-order valence-corrected chi connectivity index (χ1v) is 8.88. The highest BCUT2D eigenvalue weighted by Gasteiger charge is 2.32. The molecule has 0 saturated heterocycles. The zero-order valence-corrected chi connectivity index (χ0v) is 16.0. The molecule has 0 aliphatic rings. The maximum absolute atomic E-state index is 11.2. The van der Waals surface area contributed by atoms with Gasteiger partial charge in [0.05, 0.1) is 6.26 Å². The van der Waals surface area contributed by atoms with Gasteiger partial charge in [-0.3, -0.25) is 4.79 Å². The van der Waals surface area contributed by atoms with Gasteiger partial charge in [0.25, 0.3) is 0 Å². The molecule has 0 saturated carbocycles. The molecule has 0 bridgehead atoms. The number of hydrogen-bond donors (Lipinski definition) is 0. The third kappa shape index (κ3) is 15.2. The Balaban J connectivity index is 0. The van der Waals surface area contributed by atoms with Crippen molar-refractivity contribution in [3.05, 3.63) is 25.5 Å². The van der Waals surface area contributed by atoms with Crippen LogP contribution in [0, 0.1) is 0 Å². The first-order chi connectivity index (χ1) is 10.7. The molecular formula is C16H29O6Si. The Bertz CT molecular complexity index is 358. The molecule has 0 N–H and O–H groups in total. The van der Waals surface area contributed by atoms with Gasteiger partial charge in [0.1, 0.15) is 5.73 Å². The summed E-state index contributed by atoms with van der Waals surface area (Å²) in [6, 6.07) is 0. The van der Waals surface area contributed by atoms with Crippen molar-refractivity contribution in [1.82, 2.24) is 0 Å². The quantitative estimate of drug-likeness (QED) is 0.277. The molecule has 0 fully saturated rings. The zero-order chi connectivity index (χ0) is 18.4. The summed E-state index contributed by atoms with van der Waals surface area (Å²) < 4.78 is 20.9. The van der Waals surface area contributed by atoms with Crippen LogP contribution in [-0.4, -0.2) is 39.2 Å². The van der Waals surface area contributed by atoms with Crippen molar-refractivity contribution in [2.24, 2.45) is 0 Å². The van der Waals surface area contributed by atoms with E-state index in [0.29, 0.717) is 6.42 Å². The number of hydrogen-bond acceptors (Lipinski definition) is 6. The molecule has 0 amide bonds. The van der Waals surface area contributed by atoms with Gasteiger partial charge < -0.3 is 18.3 Å². The Hall–Kier alpha value is -1.44. The fourth-order valence-corrected chi connectivity index (χ4v) is 3.08. The lowest BCUT2D eigenvalue weighted by molar-refractivity contribution is -0.141. The normalized spacial score (nSPS) is 11.5. The van der Waals surface area contributed by atoms with Crippen LogP contribution in [0.4, 0.5) is 0 Å². The topological polar surface area (TPSA) is 71.1 Å². The lowest BCUT2D eigenvalue weighted by Gasteiger charge is -2.26. The van der Waals surface area contributed by atoms with Gasteiger partial charge in [0.2, 0.25) is 0 Å². The summed E-state index contributed by atoms with van der Waals surface area (Å²) in [5.41, 5.74) is -0.310. The fourth-order valence-electron chi connectivity index (χ4n) is 1.25. The van der Waals surface area contributed by atoms with Crippen LogP contribution in [0.1, 0.15) is 48.0 Å². The van der Waals surface area contributed by atoms with Gasteiger partial charge in [-0.15, -0.1) is 0 Å². The van der Waals surface area contributed by atoms with Crippen LogP contribution in [0.15, 0.2) is 25.5 Å². The lowest BCUT2D eigenvalue weighted by atomic mass is 10.5. The summed E-state index contributed by atoms with van der Waals surface area (Å²) in [5.74, 6) is -0.760. The minimum Gasteiger partial charge on any atom is -0.457 e. The summed E-state index contributed by atoms with van der Waals surface area (Å²) >= 11 is 0. The van der Waals surface area contributed by atoms with Gasteiger partial charge in [-0.2, -0.15) is 0 Å². The molecule has 0 heterocycles. The average molecular weight is 345 g/mol. The molecule has 0 aliphatic carbocycles. The maximum atomic E-state index is 11.2. The number of rotatable bonds is 9. The predicted octanol–water partition coefficient (Wildman–Crippen LogP) is 3.06. The smallest absolute Gasteiger partial charge is 0.430 e. The Labute approximate surface area is 141 Å². The van der Waals surface area contributed by atoms with Crippen molar-refractivity contribution in [3.8, 4) is 0 Å². The average Bonchev–Trinajstić information content (AvgIpc) is 2.43. The summed E-state index contributed by atoms with van der Waals surface area (Å²) in [5, 5.41) is 0. The van der Waals surface area contributed by atoms with Gasteiger partial charge in [-0.25, -0.2) is 4.79 Å². The minimum absolute atomic E-state index is 0.0547. The minimum atomic E-state index is -1.63. The number of ether oxygens (including phenoxy) is 2. The zero-order valence-electron chi connectivity index (χ0n) is 15.0. The Kier molecular flexibility index (Phi) is 14.7. The third-order valence-corrected chi connectivity index (χ3v) is 4.47. The van der Waals surface area contributed by atoms with E-state index in [-0.39, 0.29) is 23.9 Å². The molecule has 1 atom stereocenters. The molecule has 0 aromatic carbocycles. The van der Waals surface area contributed by atoms with Crippen molar-refractivity contribution in [3.63, 3.8) is 0 Å². The molecule has 6 nitrogen and oxygen atoms in total. The molecule has 0 rings (SSSR count). The van der Waals surface area contributed by atoms with Gasteiger partial charge in [0.15, 0.2) is 0 Å². The van der Waals surface area contributed by atoms with E-state index in [2.05, 4.69) is 17.9 Å². The van der Waals surface area contributed by atoms with Crippen LogP contribution in [0.5, 0.6) is 0 Å². The largest absolute Gasteiger partial charge is 0.457 e. The molecule has 133 valence electrons. The van der Waals surface area contributed by atoms with Crippen molar-refractivity contribution in [2.75, 3.05) is 0 Å². The van der Waals surface area contributed by atoms with E-state index >= 15 is 0 Å². The first kappa shape index (κ1) is 23.8. The Morgan fingerprint density at radius 3 is 1.78 bits per heavy atom. The Morgan fingerprint density at radius 1 is 1.09 bits per heavy atom. The van der Waals surface area contributed by atoms with Crippen LogP contribution >= 0.6 is 0 Å². The van der Waals surface area contributed by atoms with E-state index in [0.717, 1.165) is 12.3 Å². The van der Waals surface area contributed by atoms with Crippen LogP contribution < -0.4 is 0 Å². The molecule has 0 aromatic rings. The van der Waals surface area contributed by atoms with Crippen LogP contribution in [0.2, 0.25) is 0 Å². The van der Waals surface area contributed by atoms with Crippen molar-refractivity contribution in [2.45, 2.75) is 65.9 Å². The van der Waals surface area contributed by atoms with E-state index in [9.17, 15) is 9.59 Å². The van der Waals surface area contributed by atoms with Crippen molar-refractivity contribution >= 4 is 21.2 Å². The molecule has 23 heavy (non-hydrogen) atoms. The van der Waals surface area contributed by atoms with E-state index in [4.69, 9.17) is 13.6 Å². The number of carbonyl (C=O) groups is 2. The Morgan fingerprint density at radius 2 is 1.57 bits per heavy atom. The first-order valence-electron chi connectivity index (χ1n) is 7.49. The maximum Gasteiger partial charge on any atom is 0.430 e. The summed E-state index contributed by atoms with van der Waals surface area (Å²) in [6.07, 6.45) is 3.04. The highest BCUT2D eigenvalue weighted by atomic mass is 28.3. The molecule has 7 heteroatoms. The second kappa shape index (κ2) is 14.2. The van der Waals surface area contributed by atoms with Gasteiger partial charge in [-0.1, -0.05) is 20.1 Å². The van der Waals surface area contributed by atoms with Gasteiger partial charge in [-0.05, 0) is 34.1 Å². The SMILES string of the molecule is C=CC(=O)OC(CC)[Si](OC(C)C)OC(C)C.C=COC(C)=O. The summed E-state index contributed by atoms with van der Waals surface area (Å²) in [7, 11) is -1.63. The highest BCUT2D eigenvalue weighted by Crippen LogP contribution is 2.11. The van der Waals surface area contributed by atoms with Crippen LogP contribution in [-0.2, 0) is 27.9 Å². The molecule has 0 aliphatic heterocycles. The van der Waals surface area contributed by atoms with Crippen LogP contribution in [0.25, 0.3) is 0 Å². The molecule has 1 radical (unpaired) electrons. The van der Waals surface area contributed by atoms with E-state index in [1.807, 2.05) is 34.6 Å². The van der Waals surface area contributed by atoms with E-state index in [1.54, 1.807) is 0 Å². The standard InChI is InChI=1S/C12H23O4Si.C4H6O2/c1-7-11(13)14-12(8-2)17(15-9(3)4)16-10(5)6;1-3-6-4(2)5/h7,9-10,12H,1,8H2,2-6H3;3H,1H2,2H3. The van der Waals surface area contributed by atoms with E-state index < -0.39 is 15.3 Å². The monoisotopic (exact) mass is 345 g/mol. The highest BCUT2D eigenvalue weighted by molar-refractivity contribution is 6.46. The van der Waals surface area contributed by atoms with E-state index in [1.165, 1.54) is 6.92 Å². The van der Waals surface area contributed by atoms with Gasteiger partial charge in [0, 0.05) is 25.2 Å². The molecule has 0 spiro atoms. The molecular weight excluding hydrogens is 316 g/mol.